The fourth-order valence-electron chi connectivity index (χ4n) is 4.41. The fraction of sp³-hybridized carbons (Fsp3) is 0.793. The van der Waals surface area contributed by atoms with Crippen LogP contribution < -0.4 is 0 Å². The Labute approximate surface area is 194 Å². The maximum atomic E-state index is 6.49. The number of benzene rings is 1. The second-order valence-corrected chi connectivity index (χ2v) is 9.91. The van der Waals surface area contributed by atoms with E-state index in [1.807, 2.05) is 0 Å². The molecule has 1 aromatic carbocycles. The summed E-state index contributed by atoms with van der Waals surface area (Å²) in [7, 11) is 0. The third-order valence-electron chi connectivity index (χ3n) is 6.47. The highest BCUT2D eigenvalue weighted by atomic mass is 35.5. The summed E-state index contributed by atoms with van der Waals surface area (Å²) >= 11 is 6.49. The lowest BCUT2D eigenvalue weighted by Crippen LogP contribution is -1.90. The van der Waals surface area contributed by atoms with E-state index in [1.165, 1.54) is 134 Å². The predicted octanol–water partition coefficient (Wildman–Crippen LogP) is 11.2. The van der Waals surface area contributed by atoms with Gasteiger partial charge < -0.3 is 0 Å². The highest BCUT2D eigenvalue weighted by molar-refractivity contribution is 6.20. The van der Waals surface area contributed by atoms with Crippen LogP contribution in [0.2, 0.25) is 0 Å². The van der Waals surface area contributed by atoms with Crippen LogP contribution in [0.5, 0.6) is 0 Å². The van der Waals surface area contributed by atoms with Crippen LogP contribution in [0.1, 0.15) is 153 Å². The van der Waals surface area contributed by atoms with Crippen molar-refractivity contribution in [1.82, 2.24) is 0 Å². The number of halogens is 1. The number of hydrogen-bond acceptors (Lipinski definition) is 0. The van der Waals surface area contributed by atoms with Crippen molar-refractivity contribution in [3.63, 3.8) is 0 Å². The fourth-order valence-corrected chi connectivity index (χ4v) is 4.71. The van der Waals surface area contributed by atoms with Crippen LogP contribution in [0, 0.1) is 0 Å². The number of unbranched alkanes of at least 4 members (excludes halogenated alkanes) is 19. The molecule has 0 amide bonds. The summed E-state index contributed by atoms with van der Waals surface area (Å²) in [4.78, 5) is 0. The molecule has 0 saturated carbocycles. The zero-order chi connectivity index (χ0) is 21.5. The molecule has 0 spiro atoms. The van der Waals surface area contributed by atoms with E-state index in [1.54, 1.807) is 0 Å². The first kappa shape index (κ1) is 27.5. The Morgan fingerprint density at radius 1 is 0.500 bits per heavy atom. The highest BCUT2D eigenvalue weighted by Gasteiger charge is 2.06. The molecule has 1 heteroatoms. The van der Waals surface area contributed by atoms with E-state index in [9.17, 15) is 0 Å². The molecule has 0 aliphatic rings. The molecule has 30 heavy (non-hydrogen) atoms. The summed E-state index contributed by atoms with van der Waals surface area (Å²) in [5.74, 6) is 0. The van der Waals surface area contributed by atoms with Crippen molar-refractivity contribution < 1.29 is 0 Å². The molecule has 0 aliphatic heterocycles. The summed E-state index contributed by atoms with van der Waals surface area (Å²) < 4.78 is 0. The van der Waals surface area contributed by atoms with Crippen LogP contribution >= 0.6 is 11.6 Å². The lowest BCUT2D eigenvalue weighted by atomic mass is 10.0. The Bertz CT molecular complexity index is 441. The van der Waals surface area contributed by atoms with Gasteiger partial charge in [0.25, 0.3) is 0 Å². The maximum Gasteiger partial charge on any atom is 0.0585 e. The van der Waals surface area contributed by atoms with Crippen LogP contribution in [0.15, 0.2) is 30.3 Å². The topological polar surface area (TPSA) is 0 Å². The molecule has 1 rings (SSSR count). The lowest BCUT2D eigenvalue weighted by Gasteiger charge is -2.09. The zero-order valence-electron chi connectivity index (χ0n) is 20.2. The standard InChI is InChI=1S/C29H51Cl/c1-2-3-4-5-6-7-8-9-10-11-12-13-14-15-16-17-18-19-20-24-27-29(30)28-25-22-21-23-26-28/h21-23,25-26,29H,2-20,24,27H2,1H3. The van der Waals surface area contributed by atoms with Gasteiger partial charge in [0.1, 0.15) is 0 Å². The minimum Gasteiger partial charge on any atom is -0.118 e. The van der Waals surface area contributed by atoms with E-state index >= 15 is 0 Å². The second-order valence-electron chi connectivity index (χ2n) is 9.38. The molecule has 0 N–H and O–H groups in total. The molecule has 1 unspecified atom stereocenters. The van der Waals surface area contributed by atoms with Crippen LogP contribution in [-0.2, 0) is 0 Å². The molecule has 174 valence electrons. The van der Waals surface area contributed by atoms with Gasteiger partial charge in [0, 0.05) is 0 Å². The van der Waals surface area contributed by atoms with Gasteiger partial charge >= 0.3 is 0 Å². The molecule has 0 nitrogen and oxygen atoms in total. The quantitative estimate of drug-likeness (QED) is 0.126. The molecule has 0 bridgehead atoms. The van der Waals surface area contributed by atoms with Gasteiger partial charge in [-0.25, -0.2) is 0 Å². The van der Waals surface area contributed by atoms with Crippen molar-refractivity contribution >= 4 is 11.6 Å². The summed E-state index contributed by atoms with van der Waals surface area (Å²) in [6.45, 7) is 2.30. The van der Waals surface area contributed by atoms with Crippen LogP contribution in [0.4, 0.5) is 0 Å². The van der Waals surface area contributed by atoms with Crippen molar-refractivity contribution in [1.29, 1.82) is 0 Å². The van der Waals surface area contributed by atoms with Crippen molar-refractivity contribution in [2.45, 2.75) is 147 Å². The van der Waals surface area contributed by atoms with Crippen molar-refractivity contribution in [3.05, 3.63) is 35.9 Å². The monoisotopic (exact) mass is 434 g/mol. The van der Waals surface area contributed by atoms with Gasteiger partial charge in [-0.1, -0.05) is 166 Å². The van der Waals surface area contributed by atoms with Gasteiger partial charge in [-0.3, -0.25) is 0 Å². The SMILES string of the molecule is CCCCCCCCCCCCCCCCCCCCCCC(Cl)c1ccccc1. The van der Waals surface area contributed by atoms with Crippen molar-refractivity contribution in [2.75, 3.05) is 0 Å². The first-order chi connectivity index (χ1) is 14.8. The van der Waals surface area contributed by atoms with Crippen molar-refractivity contribution in [2.24, 2.45) is 0 Å². The summed E-state index contributed by atoms with van der Waals surface area (Å²) in [6, 6.07) is 10.5. The van der Waals surface area contributed by atoms with Gasteiger partial charge in [0.2, 0.25) is 0 Å². The van der Waals surface area contributed by atoms with Gasteiger partial charge in [-0.2, -0.15) is 0 Å². The molecular formula is C29H51Cl. The third kappa shape index (κ3) is 17.2. The summed E-state index contributed by atoms with van der Waals surface area (Å²) in [5, 5.41) is 0.196. The van der Waals surface area contributed by atoms with Gasteiger partial charge in [-0.05, 0) is 12.0 Å². The van der Waals surface area contributed by atoms with Gasteiger partial charge in [0.15, 0.2) is 0 Å². The van der Waals surface area contributed by atoms with E-state index in [0.29, 0.717) is 0 Å². The minimum atomic E-state index is 0.196. The zero-order valence-corrected chi connectivity index (χ0v) is 20.9. The van der Waals surface area contributed by atoms with Gasteiger partial charge in [-0.15, -0.1) is 11.6 Å². The molecule has 0 radical (unpaired) electrons. The smallest absolute Gasteiger partial charge is 0.0585 e. The first-order valence-electron chi connectivity index (χ1n) is 13.5. The Kier molecular flexibility index (Phi) is 20.0. The lowest BCUT2D eigenvalue weighted by molar-refractivity contribution is 0.520. The van der Waals surface area contributed by atoms with Crippen LogP contribution in [0.3, 0.4) is 0 Å². The number of rotatable bonds is 22. The molecule has 0 aliphatic carbocycles. The number of alkyl halides is 1. The molecular weight excluding hydrogens is 384 g/mol. The molecule has 1 aromatic rings. The Morgan fingerprint density at radius 3 is 1.20 bits per heavy atom. The number of hydrogen-bond donors (Lipinski definition) is 0. The second kappa shape index (κ2) is 21.7. The van der Waals surface area contributed by atoms with E-state index in [-0.39, 0.29) is 5.38 Å². The first-order valence-corrected chi connectivity index (χ1v) is 14.0. The average Bonchev–Trinajstić information content (AvgIpc) is 2.78. The van der Waals surface area contributed by atoms with E-state index in [2.05, 4.69) is 37.3 Å². The Hall–Kier alpha value is -0.490. The van der Waals surface area contributed by atoms with Crippen molar-refractivity contribution in [3.8, 4) is 0 Å². The van der Waals surface area contributed by atoms with Crippen LogP contribution in [0.25, 0.3) is 0 Å². The highest BCUT2D eigenvalue weighted by Crippen LogP contribution is 2.26. The molecule has 0 aromatic heterocycles. The molecule has 0 saturated heterocycles. The molecule has 0 fully saturated rings. The Morgan fingerprint density at radius 2 is 0.833 bits per heavy atom. The van der Waals surface area contributed by atoms with Gasteiger partial charge in [0.05, 0.1) is 5.38 Å². The summed E-state index contributed by atoms with van der Waals surface area (Å²) in [6.07, 6.45) is 29.8. The van der Waals surface area contributed by atoms with Crippen LogP contribution in [-0.4, -0.2) is 0 Å². The Balaban J connectivity index is 1.71. The maximum absolute atomic E-state index is 6.49. The van der Waals surface area contributed by atoms with E-state index < -0.39 is 0 Å². The normalized spacial score (nSPS) is 12.3. The predicted molar refractivity (Wildman–Crippen MR) is 138 cm³/mol. The molecule has 1 atom stereocenters. The molecule has 0 heterocycles. The van der Waals surface area contributed by atoms with E-state index in [0.717, 1.165) is 6.42 Å². The third-order valence-corrected chi connectivity index (χ3v) is 6.94. The van der Waals surface area contributed by atoms with E-state index in [4.69, 9.17) is 11.6 Å². The minimum absolute atomic E-state index is 0.196. The largest absolute Gasteiger partial charge is 0.118 e. The average molecular weight is 435 g/mol. The summed E-state index contributed by atoms with van der Waals surface area (Å²) in [5.41, 5.74) is 1.27.